The molecule has 1 amide bonds. The minimum absolute atomic E-state index is 0.0817. The molecule has 4 spiro atoms. The highest BCUT2D eigenvalue weighted by Crippen LogP contribution is 2.50. The van der Waals surface area contributed by atoms with E-state index >= 15 is 0 Å². The number of pyridine rings is 4. The maximum Gasteiger partial charge on any atom is 0.272 e. The second-order valence-corrected chi connectivity index (χ2v) is 38.4. The molecule has 4 aliphatic carbocycles. The van der Waals surface area contributed by atoms with Crippen molar-refractivity contribution < 1.29 is 4.79 Å². The molecule has 12 aromatic heterocycles. The minimum atomic E-state index is -0.322. The molecule has 8 aliphatic heterocycles. The number of nitrogens with zero attached hydrogens (tertiary/aromatic N) is 25. The molecule has 32 heteroatoms. The summed E-state index contributed by atoms with van der Waals surface area (Å²) in [5.74, 6) is 5.06. The summed E-state index contributed by atoms with van der Waals surface area (Å²) < 4.78 is 9.41. The largest absolute Gasteiger partial charge is 0.381 e. The van der Waals surface area contributed by atoms with Crippen LogP contribution in [-0.2, 0) is 35.1 Å². The molecule has 6 N–H and O–H groups in total. The second kappa shape index (κ2) is 36.4. The third-order valence-electron chi connectivity index (χ3n) is 30.0. The molecule has 0 unspecified atom stereocenters. The standard InChI is InChI=1S/C25H30N8O.C25H32N8.C25H30N8.C25H31N7/c1-17-25(8-4-3-5-9-25)33-20(23(34)28-17)14-18-15-27-24(30-22(18)33)29-21-7-6-19(16-26-21)32-12-10-31(2)11-13-32;2*1-18-25(8-4-3-5-9-25)33-21(17-26-18)14-19-15-28-24(30-23(19)33)29-22-7-6-20(16-27-22)32-12-10-31(2)11-13-32;1-30-12-14-31(15-13-30)21-7-8-22(26-18-21)28-24-27-17-19-16-20-6-5-11-25(9-3-2-4-10-25)32(20)23(19)29-24/h6-7,14-16H,1,3-5,8-13H2,2H3,(H,28,34)(H,26,27,29,30);6-7,14-16,26H,1,3-5,8-13,17H2,2H3,(H,27,28,29,30);6-7,14-17H,1,3-5,8-13H2,2H3,(H,27,28,29,30);5,7-8,11,16-18H,2-4,6,9-10,12-15H2,1H3,(H,26,27,28,29). The van der Waals surface area contributed by atoms with E-state index in [4.69, 9.17) is 19.9 Å². The summed E-state index contributed by atoms with van der Waals surface area (Å²) in [5.41, 5.74) is 15.0. The molecule has 4 saturated carbocycles. The maximum absolute atomic E-state index is 12.8. The molecule has 0 aromatic carbocycles. The summed E-state index contributed by atoms with van der Waals surface area (Å²) in [6, 6.07) is 25.0. The number of piperazine rings is 4. The van der Waals surface area contributed by atoms with Gasteiger partial charge in [0, 0.05) is 180 Å². The number of carbonyl (C=O) groups is 1. The summed E-state index contributed by atoms with van der Waals surface area (Å²) in [4.78, 5) is 92.8. The number of likely N-dealkylation sites (N-methyl/N-ethyl adjacent to an activating group) is 4. The summed E-state index contributed by atoms with van der Waals surface area (Å²) in [6.07, 6.45) is 46.2. The van der Waals surface area contributed by atoms with Crippen molar-refractivity contribution >= 4 is 126 Å². The van der Waals surface area contributed by atoms with Crippen molar-refractivity contribution in [3.63, 3.8) is 0 Å². The van der Waals surface area contributed by atoms with E-state index in [2.05, 4.69) is 237 Å². The first kappa shape index (κ1) is 86.0. The number of anilines is 12. The van der Waals surface area contributed by atoms with E-state index in [9.17, 15) is 4.79 Å². The average molecular weight is 1780 g/mol. The van der Waals surface area contributed by atoms with Crippen LogP contribution in [0.25, 0.3) is 44.1 Å². The van der Waals surface area contributed by atoms with Gasteiger partial charge in [0.1, 0.15) is 51.6 Å². The van der Waals surface area contributed by atoms with E-state index in [1.807, 2.05) is 79.9 Å². The quantitative estimate of drug-likeness (QED) is 0.0619. The van der Waals surface area contributed by atoms with Crippen LogP contribution in [0.2, 0.25) is 0 Å². The van der Waals surface area contributed by atoms with E-state index in [0.29, 0.717) is 35.3 Å². The van der Waals surface area contributed by atoms with Gasteiger partial charge in [-0.05, 0) is 152 Å². The van der Waals surface area contributed by atoms with Gasteiger partial charge in [-0.3, -0.25) is 9.79 Å². The fraction of sp³-hybridized carbons (Fsp3) is 0.460. The minimum Gasteiger partial charge on any atom is -0.381 e. The fourth-order valence-electron chi connectivity index (χ4n) is 22.4. The van der Waals surface area contributed by atoms with Crippen LogP contribution >= 0.6 is 0 Å². The first-order valence-corrected chi connectivity index (χ1v) is 48.0. The van der Waals surface area contributed by atoms with Crippen molar-refractivity contribution in [2.45, 2.75) is 164 Å². The first-order chi connectivity index (χ1) is 64.5. The van der Waals surface area contributed by atoms with Gasteiger partial charge in [-0.2, -0.15) is 19.9 Å². The van der Waals surface area contributed by atoms with Crippen molar-refractivity contribution in [1.29, 1.82) is 0 Å². The first-order valence-electron chi connectivity index (χ1n) is 48.0. The summed E-state index contributed by atoms with van der Waals surface area (Å²) >= 11 is 0. The van der Waals surface area contributed by atoms with Crippen molar-refractivity contribution in [3.8, 4) is 0 Å². The van der Waals surface area contributed by atoms with E-state index < -0.39 is 0 Å². The van der Waals surface area contributed by atoms with Gasteiger partial charge in [0.05, 0.1) is 93.8 Å². The van der Waals surface area contributed by atoms with Crippen LogP contribution in [0.5, 0.6) is 0 Å². The summed E-state index contributed by atoms with van der Waals surface area (Å²) in [6.45, 7) is 30.6. The molecule has 0 atom stereocenters. The molecular formula is C100H123N31O. The Morgan fingerprint density at radius 2 is 0.712 bits per heavy atom. The van der Waals surface area contributed by atoms with Crippen molar-refractivity contribution in [1.82, 2.24) is 108 Å². The lowest BCUT2D eigenvalue weighted by molar-refractivity contribution is 0.0892. The SMILES string of the molecule is C=C1N=Cc2cc3cnc(Nc4ccc(N5CCN(C)CC5)cn4)nc3n2C12CCCCC2.C=C1NC(=O)c2cc3cnc(Nc4ccc(N5CCN(C)CC5)cn4)nc3n2C12CCCCC2.C=C1NCc2cc3cnc(Nc4ccc(N5CCN(C)CC5)cn4)nc3n2C12CCCCC2.CN1CCN(c2ccc(Nc3ncc4cc5n(c4n3)C3(C=CC5)CCCCC3)nc2)CC1. The molecule has 684 valence electrons. The summed E-state index contributed by atoms with van der Waals surface area (Å²) in [5, 5.41) is 23.9. The second-order valence-electron chi connectivity index (χ2n) is 38.4. The number of fused-ring (bicyclic) bond motifs is 16. The topological polar surface area (TPSA) is 302 Å². The van der Waals surface area contributed by atoms with Gasteiger partial charge in [-0.25, -0.2) is 39.9 Å². The molecule has 12 aromatic rings. The molecule has 20 heterocycles. The molecule has 0 bridgehead atoms. The van der Waals surface area contributed by atoms with Crippen LogP contribution in [0.4, 0.5) is 69.8 Å². The maximum atomic E-state index is 12.8. The number of hydrogen-bond acceptors (Lipinski definition) is 27. The number of rotatable bonds is 12. The van der Waals surface area contributed by atoms with E-state index in [0.717, 1.165) is 270 Å². The number of allylic oxidation sites excluding steroid dienone is 5. The van der Waals surface area contributed by atoms with Gasteiger partial charge in [-0.15, -0.1) is 0 Å². The molecule has 132 heavy (non-hydrogen) atoms. The third kappa shape index (κ3) is 16.9. The Kier molecular flexibility index (Phi) is 23.7. The molecule has 12 aliphatic rings. The number of nitrogens with one attached hydrogen (secondary N) is 6. The highest BCUT2D eigenvalue weighted by Gasteiger charge is 2.47. The summed E-state index contributed by atoms with van der Waals surface area (Å²) in [7, 11) is 8.67. The molecule has 32 nitrogen and oxygen atoms in total. The zero-order valence-electron chi connectivity index (χ0n) is 76.9. The molecule has 0 radical (unpaired) electrons. The fourth-order valence-corrected chi connectivity index (χ4v) is 22.4. The Bertz CT molecular complexity index is 6290. The molecule has 4 saturated heterocycles. The van der Waals surface area contributed by atoms with Crippen molar-refractivity contribution in [2.75, 3.05) is 174 Å². The molecule has 8 fully saturated rings. The van der Waals surface area contributed by atoms with Gasteiger partial charge in [0.2, 0.25) is 23.8 Å². The van der Waals surface area contributed by atoms with Crippen LogP contribution in [0.3, 0.4) is 0 Å². The Hall–Kier alpha value is -12.8. The highest BCUT2D eigenvalue weighted by atomic mass is 16.2. The normalized spacial score (nSPS) is 20.5. The Morgan fingerprint density at radius 1 is 0.356 bits per heavy atom. The lowest BCUT2D eigenvalue weighted by atomic mass is 9.78. The predicted molar refractivity (Wildman–Crippen MR) is 525 cm³/mol. The zero-order chi connectivity index (χ0) is 89.7. The number of aliphatic imine (C=N–C) groups is 1. The molecule has 24 rings (SSSR count). The Labute approximate surface area is 771 Å². The van der Waals surface area contributed by atoms with Crippen molar-refractivity contribution in [2.24, 2.45) is 4.99 Å². The van der Waals surface area contributed by atoms with E-state index in [-0.39, 0.29) is 28.1 Å². The third-order valence-corrected chi connectivity index (χ3v) is 30.0. The van der Waals surface area contributed by atoms with Gasteiger partial charge in [0.15, 0.2) is 0 Å². The Morgan fingerprint density at radius 3 is 1.12 bits per heavy atom. The number of carbonyl (C=O) groups excluding carboxylic acids is 1. The van der Waals surface area contributed by atoms with Crippen LogP contribution in [0, 0.1) is 0 Å². The highest BCUT2D eigenvalue weighted by molar-refractivity contribution is 6.01. The van der Waals surface area contributed by atoms with Crippen molar-refractivity contribution in [3.05, 3.63) is 194 Å². The van der Waals surface area contributed by atoms with Crippen LogP contribution in [0.15, 0.2) is 176 Å². The van der Waals surface area contributed by atoms with Gasteiger partial charge in [0.25, 0.3) is 5.91 Å². The van der Waals surface area contributed by atoms with Gasteiger partial charge in [-0.1, -0.05) is 109 Å². The lowest BCUT2D eigenvalue weighted by Crippen LogP contribution is -2.50. The average Bonchev–Trinajstić information content (AvgIpc) is 1.55. The van der Waals surface area contributed by atoms with Crippen LogP contribution < -0.4 is 51.5 Å². The number of hydrogen-bond donors (Lipinski definition) is 6. The Balaban J connectivity index is 0.000000106. The van der Waals surface area contributed by atoms with Gasteiger partial charge < -0.3 is 89.4 Å². The number of amides is 1. The predicted octanol–water partition coefficient (Wildman–Crippen LogP) is 14.9. The van der Waals surface area contributed by atoms with Gasteiger partial charge >= 0.3 is 0 Å². The van der Waals surface area contributed by atoms with E-state index in [1.54, 1.807) is 6.20 Å². The van der Waals surface area contributed by atoms with Crippen LogP contribution in [-0.4, -0.2) is 243 Å². The van der Waals surface area contributed by atoms with E-state index in [1.165, 1.54) is 94.1 Å². The number of aromatic nitrogens is 16. The lowest BCUT2D eigenvalue weighted by Gasteiger charge is -2.45. The monoisotopic (exact) mass is 1770 g/mol. The van der Waals surface area contributed by atoms with Crippen LogP contribution in [0.1, 0.15) is 156 Å². The molecular weight excluding hydrogens is 1650 g/mol. The smallest absolute Gasteiger partial charge is 0.272 e. The zero-order valence-corrected chi connectivity index (χ0v) is 76.9.